The van der Waals surface area contributed by atoms with Crippen LogP contribution in [0.5, 0.6) is 0 Å². The van der Waals surface area contributed by atoms with Gasteiger partial charge in [0.25, 0.3) is 5.91 Å². The highest BCUT2D eigenvalue weighted by molar-refractivity contribution is 5.89. The minimum atomic E-state index is -0.778. The molecule has 0 saturated heterocycles. The summed E-state index contributed by atoms with van der Waals surface area (Å²) in [6, 6.07) is 18.1. The molecule has 9 heteroatoms. The van der Waals surface area contributed by atoms with Gasteiger partial charge in [0.2, 0.25) is 0 Å². The van der Waals surface area contributed by atoms with Crippen molar-refractivity contribution in [2.45, 2.75) is 45.4 Å². The molecule has 0 fully saturated rings. The van der Waals surface area contributed by atoms with E-state index in [2.05, 4.69) is 5.32 Å². The van der Waals surface area contributed by atoms with Crippen LogP contribution in [0.15, 0.2) is 85.0 Å². The number of benzene rings is 2. The van der Waals surface area contributed by atoms with E-state index in [1.807, 2.05) is 60.7 Å². The Balaban J connectivity index is 1.47. The second-order valence-electron chi connectivity index (χ2n) is 9.86. The van der Waals surface area contributed by atoms with Crippen LogP contribution in [-0.4, -0.2) is 57.6 Å². The summed E-state index contributed by atoms with van der Waals surface area (Å²) in [6.45, 7) is 5.99. The summed E-state index contributed by atoms with van der Waals surface area (Å²) >= 11 is 0. The number of carbonyl (C=O) groups excluding carboxylic acids is 3. The number of nitrogens with one attached hydrogen (secondary N) is 1. The Morgan fingerprint density at radius 2 is 1.59 bits per heavy atom. The Hall–Kier alpha value is -4.27. The number of amides is 3. The number of rotatable bonds is 6. The normalized spacial score (nSPS) is 17.4. The van der Waals surface area contributed by atoms with Gasteiger partial charge in [0.1, 0.15) is 18.2 Å². The van der Waals surface area contributed by atoms with Crippen LogP contribution >= 0.6 is 0 Å². The van der Waals surface area contributed by atoms with Crippen molar-refractivity contribution < 1.29 is 23.9 Å². The van der Waals surface area contributed by atoms with E-state index < -0.39 is 23.8 Å². The molecule has 0 unspecified atom stereocenters. The molecular weight excluding hydrogens is 472 g/mol. The van der Waals surface area contributed by atoms with Crippen molar-refractivity contribution in [2.75, 3.05) is 13.2 Å². The first-order valence-electron chi connectivity index (χ1n) is 12.2. The van der Waals surface area contributed by atoms with E-state index in [0.717, 1.165) is 11.1 Å². The predicted octanol–water partition coefficient (Wildman–Crippen LogP) is 4.19. The minimum absolute atomic E-state index is 0.108. The monoisotopic (exact) mass is 504 g/mol. The summed E-state index contributed by atoms with van der Waals surface area (Å²) in [7, 11) is 0. The predicted molar refractivity (Wildman–Crippen MR) is 137 cm³/mol. The lowest BCUT2D eigenvalue weighted by Crippen LogP contribution is -2.52. The summed E-state index contributed by atoms with van der Waals surface area (Å²) < 4.78 is 10.9. The van der Waals surface area contributed by atoms with Crippen LogP contribution in [0, 0.1) is 0 Å². The van der Waals surface area contributed by atoms with Gasteiger partial charge in [-0.2, -0.15) is 0 Å². The number of hydrogen-bond donors (Lipinski definition) is 1. The highest BCUT2D eigenvalue weighted by atomic mass is 16.6. The average molecular weight is 505 g/mol. The Bertz CT molecular complexity index is 1170. The van der Waals surface area contributed by atoms with Crippen molar-refractivity contribution in [1.82, 2.24) is 20.0 Å². The third kappa shape index (κ3) is 6.91. The number of ether oxygens (including phenoxy) is 2. The lowest BCUT2D eigenvalue weighted by Gasteiger charge is -2.35. The Labute approximate surface area is 216 Å². The van der Waals surface area contributed by atoms with Gasteiger partial charge in [-0.05, 0) is 31.9 Å². The lowest BCUT2D eigenvalue weighted by molar-refractivity contribution is -0.134. The molecule has 0 aliphatic carbocycles. The van der Waals surface area contributed by atoms with Crippen molar-refractivity contribution in [3.8, 4) is 0 Å². The summed E-state index contributed by atoms with van der Waals surface area (Å²) in [4.78, 5) is 43.2. The molecule has 194 valence electrons. The first-order chi connectivity index (χ1) is 17.7. The molecule has 0 bridgehead atoms. The smallest absolute Gasteiger partial charge is 0.415 e. The molecule has 2 heterocycles. The van der Waals surface area contributed by atoms with Gasteiger partial charge in [-0.15, -0.1) is 0 Å². The van der Waals surface area contributed by atoms with E-state index in [0.29, 0.717) is 12.1 Å². The van der Waals surface area contributed by atoms with Gasteiger partial charge in [0.05, 0.1) is 13.2 Å². The second-order valence-corrected chi connectivity index (χ2v) is 9.86. The van der Waals surface area contributed by atoms with Gasteiger partial charge < -0.3 is 19.7 Å². The van der Waals surface area contributed by atoms with E-state index in [1.165, 1.54) is 14.7 Å². The largest absolute Gasteiger partial charge is 0.444 e. The van der Waals surface area contributed by atoms with Crippen LogP contribution in [0.1, 0.15) is 31.9 Å². The van der Waals surface area contributed by atoms with Crippen LogP contribution in [-0.2, 0) is 27.3 Å². The van der Waals surface area contributed by atoms with Crippen molar-refractivity contribution in [2.24, 2.45) is 0 Å². The third-order valence-corrected chi connectivity index (χ3v) is 5.76. The molecule has 2 aromatic carbocycles. The fourth-order valence-corrected chi connectivity index (χ4v) is 3.96. The van der Waals surface area contributed by atoms with Crippen molar-refractivity contribution in [3.63, 3.8) is 0 Å². The zero-order chi connectivity index (χ0) is 26.4. The zero-order valence-electron chi connectivity index (χ0n) is 21.3. The number of nitrogens with zero attached hydrogens (tertiary/aromatic N) is 3. The van der Waals surface area contributed by atoms with E-state index in [9.17, 15) is 14.4 Å². The molecular formula is C28H32N4O5. The van der Waals surface area contributed by atoms with Crippen molar-refractivity contribution >= 4 is 18.1 Å². The number of carbonyl (C=O) groups is 3. The molecule has 3 amide bonds. The topological polar surface area (TPSA) is 91.4 Å². The molecule has 2 aliphatic heterocycles. The molecule has 1 atom stereocenters. The Morgan fingerprint density at radius 1 is 0.946 bits per heavy atom. The highest BCUT2D eigenvalue weighted by Crippen LogP contribution is 2.21. The Morgan fingerprint density at radius 3 is 2.24 bits per heavy atom. The van der Waals surface area contributed by atoms with Crippen LogP contribution in [0.2, 0.25) is 0 Å². The van der Waals surface area contributed by atoms with Crippen molar-refractivity contribution in [3.05, 3.63) is 96.1 Å². The van der Waals surface area contributed by atoms with Crippen LogP contribution in [0.25, 0.3) is 0 Å². The molecule has 2 aliphatic rings. The van der Waals surface area contributed by atoms with Crippen LogP contribution < -0.4 is 5.32 Å². The van der Waals surface area contributed by atoms with E-state index in [-0.39, 0.29) is 25.7 Å². The van der Waals surface area contributed by atoms with Crippen LogP contribution in [0.4, 0.5) is 9.59 Å². The van der Waals surface area contributed by atoms with Gasteiger partial charge in [-0.25, -0.2) is 9.59 Å². The molecule has 0 saturated carbocycles. The summed E-state index contributed by atoms with van der Waals surface area (Å²) in [5, 5.41) is 3.13. The van der Waals surface area contributed by atoms with Gasteiger partial charge in [-0.3, -0.25) is 14.6 Å². The molecule has 0 radical (unpaired) electrons. The van der Waals surface area contributed by atoms with Crippen molar-refractivity contribution in [1.29, 1.82) is 0 Å². The SMILES string of the molecule is CC(C)(C)OC(=O)N1C=C(CN2C=CN(C(=O)OCc3ccccc3)[C@@H](Cc3ccccc3)C2=O)NC1. The lowest BCUT2D eigenvalue weighted by atomic mass is 10.0. The quantitative estimate of drug-likeness (QED) is 0.635. The molecule has 9 nitrogen and oxygen atoms in total. The molecule has 0 spiro atoms. The molecule has 0 aromatic heterocycles. The van der Waals surface area contributed by atoms with E-state index in [1.54, 1.807) is 39.4 Å². The first kappa shape index (κ1) is 25.8. The van der Waals surface area contributed by atoms with Gasteiger partial charge in [0.15, 0.2) is 0 Å². The molecule has 1 N–H and O–H groups in total. The van der Waals surface area contributed by atoms with Gasteiger partial charge >= 0.3 is 12.2 Å². The molecule has 4 rings (SSSR count). The van der Waals surface area contributed by atoms with E-state index >= 15 is 0 Å². The summed E-state index contributed by atoms with van der Waals surface area (Å²) in [5.41, 5.74) is 1.86. The molecule has 2 aromatic rings. The van der Waals surface area contributed by atoms with Gasteiger partial charge in [-0.1, -0.05) is 60.7 Å². The first-order valence-corrected chi connectivity index (χ1v) is 12.2. The minimum Gasteiger partial charge on any atom is -0.444 e. The second kappa shape index (κ2) is 11.2. The Kier molecular flexibility index (Phi) is 7.81. The van der Waals surface area contributed by atoms with Gasteiger partial charge in [0, 0.05) is 30.7 Å². The maximum atomic E-state index is 13.6. The number of hydrogen-bond acceptors (Lipinski definition) is 6. The average Bonchev–Trinajstić information content (AvgIpc) is 3.34. The maximum absolute atomic E-state index is 13.6. The summed E-state index contributed by atoms with van der Waals surface area (Å²) in [5.74, 6) is -0.249. The fourth-order valence-electron chi connectivity index (χ4n) is 3.96. The van der Waals surface area contributed by atoms with E-state index in [4.69, 9.17) is 9.47 Å². The standard InChI is InChI=1S/C28H32N4O5/c1-28(2,3)37-26(34)31-18-23(29-20-31)17-30-14-15-32(27(35)36-19-22-12-8-5-9-13-22)24(25(30)33)16-21-10-6-4-7-11-21/h4-15,18,24,29H,16-17,19-20H2,1-3H3/t24-/m0/s1. The maximum Gasteiger partial charge on any atom is 0.415 e. The summed E-state index contributed by atoms with van der Waals surface area (Å²) in [6.07, 6.45) is 4.04. The zero-order valence-corrected chi connectivity index (χ0v) is 21.3. The molecule has 37 heavy (non-hydrogen) atoms. The fraction of sp³-hybridized carbons (Fsp3) is 0.321. The van der Waals surface area contributed by atoms with Crippen LogP contribution in [0.3, 0.4) is 0 Å². The third-order valence-electron chi connectivity index (χ3n) is 5.76. The highest BCUT2D eigenvalue weighted by Gasteiger charge is 2.36.